The van der Waals surface area contributed by atoms with E-state index in [1.165, 1.54) is 5.69 Å². The van der Waals surface area contributed by atoms with Gasteiger partial charge in [-0.3, -0.25) is 4.98 Å². The maximum absolute atomic E-state index is 11.5. The van der Waals surface area contributed by atoms with E-state index in [2.05, 4.69) is 43.9 Å². The van der Waals surface area contributed by atoms with Crippen molar-refractivity contribution < 1.29 is 9.53 Å². The topological polar surface area (TPSA) is 42.4 Å². The second-order valence-electron chi connectivity index (χ2n) is 8.69. The van der Waals surface area contributed by atoms with Gasteiger partial charge in [-0.1, -0.05) is 26.0 Å². The van der Waals surface area contributed by atoms with E-state index in [0.717, 1.165) is 71.6 Å². The number of methoxy groups -OCH3 is 1. The molecule has 0 amide bonds. The summed E-state index contributed by atoms with van der Waals surface area (Å²) in [5.41, 5.74) is 7.88. The van der Waals surface area contributed by atoms with E-state index in [0.29, 0.717) is 11.8 Å². The van der Waals surface area contributed by atoms with Crippen LogP contribution in [0.25, 0.3) is 11.1 Å². The first kappa shape index (κ1) is 20.4. The first-order chi connectivity index (χ1) is 13.3. The lowest BCUT2D eigenvalue weighted by Crippen LogP contribution is -2.38. The first-order valence-corrected chi connectivity index (χ1v) is 10.1. The molecule has 4 nitrogen and oxygen atoms in total. The van der Waals surface area contributed by atoms with Gasteiger partial charge in [0.2, 0.25) is 0 Å². The van der Waals surface area contributed by atoms with E-state index in [4.69, 9.17) is 9.72 Å². The molecule has 150 valence electrons. The van der Waals surface area contributed by atoms with Crippen LogP contribution in [0.3, 0.4) is 0 Å². The highest BCUT2D eigenvalue weighted by Crippen LogP contribution is 2.42. The molecule has 1 saturated heterocycles. The molecule has 0 saturated carbocycles. The Bertz CT molecular complexity index is 877. The summed E-state index contributed by atoms with van der Waals surface area (Å²) in [4.78, 5) is 18.7. The molecule has 28 heavy (non-hydrogen) atoms. The van der Waals surface area contributed by atoms with E-state index in [1.54, 1.807) is 7.11 Å². The van der Waals surface area contributed by atoms with Crippen molar-refractivity contribution in [2.75, 3.05) is 25.1 Å². The van der Waals surface area contributed by atoms with Crippen molar-refractivity contribution in [1.82, 2.24) is 4.98 Å². The van der Waals surface area contributed by atoms with Gasteiger partial charge in [-0.15, -0.1) is 0 Å². The number of anilines is 1. The van der Waals surface area contributed by atoms with E-state index in [1.807, 2.05) is 13.8 Å². The highest BCUT2D eigenvalue weighted by molar-refractivity contribution is 5.85. The van der Waals surface area contributed by atoms with Crippen LogP contribution in [0.15, 0.2) is 18.2 Å². The highest BCUT2D eigenvalue weighted by Gasteiger charge is 2.29. The molecule has 2 heterocycles. The third kappa shape index (κ3) is 3.91. The molecule has 0 bridgehead atoms. The molecule has 1 aromatic heterocycles. The van der Waals surface area contributed by atoms with Gasteiger partial charge in [-0.25, -0.2) is 0 Å². The zero-order valence-corrected chi connectivity index (χ0v) is 18.1. The molecule has 2 aromatic rings. The van der Waals surface area contributed by atoms with Crippen LogP contribution in [0.5, 0.6) is 5.75 Å². The van der Waals surface area contributed by atoms with Gasteiger partial charge in [0.15, 0.2) is 0 Å². The van der Waals surface area contributed by atoms with Crippen LogP contribution in [-0.2, 0) is 11.2 Å². The Morgan fingerprint density at radius 1 is 1.14 bits per heavy atom. The predicted octanol–water partition coefficient (Wildman–Crippen LogP) is 5.05. The number of aryl methyl sites for hydroxylation is 3. The van der Waals surface area contributed by atoms with E-state index >= 15 is 0 Å². The van der Waals surface area contributed by atoms with E-state index < -0.39 is 0 Å². The smallest absolute Gasteiger partial charge is 0.124 e. The molecule has 0 atom stereocenters. The minimum absolute atomic E-state index is 0.367. The second-order valence-corrected chi connectivity index (χ2v) is 8.69. The normalized spacial score (nSPS) is 16.1. The van der Waals surface area contributed by atoms with Gasteiger partial charge >= 0.3 is 0 Å². The highest BCUT2D eigenvalue weighted by atomic mass is 16.5. The SMILES string of the molecule is COc1cc(-c2c(C)nc(C)c(CC=O)c2N2CCC(C)(C)CC2)ccc1C. The van der Waals surface area contributed by atoms with Crippen molar-refractivity contribution in [3.63, 3.8) is 0 Å². The number of hydrogen-bond acceptors (Lipinski definition) is 4. The average molecular weight is 381 g/mol. The van der Waals surface area contributed by atoms with Gasteiger partial charge in [-0.05, 0) is 56.2 Å². The molecular weight excluding hydrogens is 348 g/mol. The molecule has 0 aliphatic carbocycles. The lowest BCUT2D eigenvalue weighted by Gasteiger charge is -2.40. The van der Waals surface area contributed by atoms with Crippen LogP contribution in [-0.4, -0.2) is 31.5 Å². The fourth-order valence-electron chi connectivity index (χ4n) is 4.20. The number of hydrogen-bond donors (Lipinski definition) is 0. The number of nitrogens with zero attached hydrogens (tertiary/aromatic N) is 2. The monoisotopic (exact) mass is 380 g/mol. The van der Waals surface area contributed by atoms with Crippen LogP contribution in [0.4, 0.5) is 5.69 Å². The summed E-state index contributed by atoms with van der Waals surface area (Å²) in [6.45, 7) is 12.8. The molecule has 1 fully saturated rings. The Balaban J connectivity index is 2.21. The number of pyridine rings is 1. The summed E-state index contributed by atoms with van der Waals surface area (Å²) in [7, 11) is 1.71. The summed E-state index contributed by atoms with van der Waals surface area (Å²) < 4.78 is 5.57. The Morgan fingerprint density at radius 3 is 2.43 bits per heavy atom. The van der Waals surface area contributed by atoms with Crippen molar-refractivity contribution in [1.29, 1.82) is 0 Å². The third-order valence-corrected chi connectivity index (χ3v) is 6.07. The molecular formula is C24H32N2O2. The second kappa shape index (κ2) is 7.94. The average Bonchev–Trinajstić information content (AvgIpc) is 2.65. The number of rotatable bonds is 5. The van der Waals surface area contributed by atoms with Crippen molar-refractivity contribution >= 4 is 12.0 Å². The molecule has 0 N–H and O–H groups in total. The number of aldehydes is 1. The van der Waals surface area contributed by atoms with Gasteiger partial charge in [0.1, 0.15) is 12.0 Å². The summed E-state index contributed by atoms with van der Waals surface area (Å²) >= 11 is 0. The predicted molar refractivity (Wildman–Crippen MR) is 115 cm³/mol. The number of piperidine rings is 1. The summed E-state index contributed by atoms with van der Waals surface area (Å²) in [5, 5.41) is 0. The molecule has 0 radical (unpaired) electrons. The Hall–Kier alpha value is -2.36. The van der Waals surface area contributed by atoms with Gasteiger partial charge in [0, 0.05) is 42.0 Å². The maximum Gasteiger partial charge on any atom is 0.124 e. The molecule has 1 aliphatic heterocycles. The van der Waals surface area contributed by atoms with Gasteiger partial charge in [-0.2, -0.15) is 0 Å². The number of aromatic nitrogens is 1. The van der Waals surface area contributed by atoms with Gasteiger partial charge in [0.25, 0.3) is 0 Å². The van der Waals surface area contributed by atoms with Crippen LogP contribution in [0.2, 0.25) is 0 Å². The Kier molecular flexibility index (Phi) is 5.78. The third-order valence-electron chi connectivity index (χ3n) is 6.07. The van der Waals surface area contributed by atoms with Crippen LogP contribution < -0.4 is 9.64 Å². The summed E-state index contributed by atoms with van der Waals surface area (Å²) in [5.74, 6) is 0.875. The molecule has 4 heteroatoms. The number of ether oxygens (including phenoxy) is 1. The summed E-state index contributed by atoms with van der Waals surface area (Å²) in [6.07, 6.45) is 3.68. The van der Waals surface area contributed by atoms with Crippen LogP contribution >= 0.6 is 0 Å². The lowest BCUT2D eigenvalue weighted by molar-refractivity contribution is -0.107. The largest absolute Gasteiger partial charge is 0.496 e. The molecule has 0 unspecified atom stereocenters. The molecule has 1 aromatic carbocycles. The fraction of sp³-hybridized carbons (Fsp3) is 0.500. The lowest BCUT2D eigenvalue weighted by atomic mass is 9.82. The van der Waals surface area contributed by atoms with Crippen molar-refractivity contribution in [3.8, 4) is 16.9 Å². The van der Waals surface area contributed by atoms with Gasteiger partial charge in [0.05, 0.1) is 12.8 Å². The minimum Gasteiger partial charge on any atom is -0.496 e. The van der Waals surface area contributed by atoms with E-state index in [9.17, 15) is 4.79 Å². The molecule has 1 aliphatic rings. The Labute approximate surface area is 168 Å². The number of carbonyl (C=O) groups is 1. The number of benzene rings is 1. The van der Waals surface area contributed by atoms with Crippen molar-refractivity contribution in [2.45, 2.75) is 53.9 Å². The quantitative estimate of drug-likeness (QED) is 0.681. The summed E-state index contributed by atoms with van der Waals surface area (Å²) in [6, 6.07) is 6.33. The fourth-order valence-corrected chi connectivity index (χ4v) is 4.20. The van der Waals surface area contributed by atoms with Crippen molar-refractivity contribution in [2.24, 2.45) is 5.41 Å². The van der Waals surface area contributed by atoms with Gasteiger partial charge < -0.3 is 14.4 Å². The zero-order valence-electron chi connectivity index (χ0n) is 18.1. The van der Waals surface area contributed by atoms with E-state index in [-0.39, 0.29) is 0 Å². The first-order valence-electron chi connectivity index (χ1n) is 10.1. The minimum atomic E-state index is 0.367. The molecule has 0 spiro atoms. The van der Waals surface area contributed by atoms with Crippen LogP contribution in [0, 0.1) is 26.2 Å². The van der Waals surface area contributed by atoms with Crippen molar-refractivity contribution in [3.05, 3.63) is 40.7 Å². The zero-order chi connectivity index (χ0) is 20.5. The van der Waals surface area contributed by atoms with Crippen LogP contribution in [0.1, 0.15) is 49.2 Å². The molecule has 3 rings (SSSR count). The Morgan fingerprint density at radius 2 is 1.82 bits per heavy atom. The standard InChI is InChI=1S/C24H32N2O2/c1-16-7-8-19(15-21(16)28-6)22-18(3)25-17(2)20(9-14-27)23(22)26-12-10-24(4,5)11-13-26/h7-8,14-15H,9-13H2,1-6H3. The maximum atomic E-state index is 11.5. The number of carbonyl (C=O) groups excluding carboxylic acids is 1.